The van der Waals surface area contributed by atoms with Crippen molar-refractivity contribution in [3.63, 3.8) is 0 Å². The number of aryl methyl sites for hydroxylation is 1. The van der Waals surface area contributed by atoms with Gasteiger partial charge in [-0.15, -0.1) is 0 Å². The molecule has 0 saturated heterocycles. The van der Waals surface area contributed by atoms with Crippen LogP contribution in [0.1, 0.15) is 22.3 Å². The number of halogens is 4. The summed E-state index contributed by atoms with van der Waals surface area (Å²) in [5.41, 5.74) is -2.12. The molecule has 0 spiro atoms. The highest BCUT2D eigenvalue weighted by Gasteiger charge is 2.51. The number of rotatable bonds is 6. The van der Waals surface area contributed by atoms with Crippen LogP contribution in [0.5, 0.6) is 0 Å². The zero-order chi connectivity index (χ0) is 18.8. The van der Waals surface area contributed by atoms with Gasteiger partial charge in [-0.1, -0.05) is 51.8 Å². The number of alkyl halides is 2. The molecule has 0 aromatic heterocycles. The Morgan fingerprint density at radius 2 is 1.72 bits per heavy atom. The maximum absolute atomic E-state index is 13.8. The lowest BCUT2D eigenvalue weighted by Gasteiger charge is -2.19. The predicted molar refractivity (Wildman–Crippen MR) is 101 cm³/mol. The molecule has 25 heavy (non-hydrogen) atoms. The van der Waals surface area contributed by atoms with E-state index in [1.165, 1.54) is 12.1 Å². The van der Waals surface area contributed by atoms with Gasteiger partial charge in [0.25, 0.3) is 0 Å². The predicted octanol–water partition coefficient (Wildman–Crippen LogP) is 6.07. The molecule has 0 saturated carbocycles. The van der Waals surface area contributed by atoms with Crippen molar-refractivity contribution < 1.29 is 23.1 Å². The molecule has 9 heteroatoms. The zero-order valence-corrected chi connectivity index (χ0v) is 17.1. The Balaban J connectivity index is 2.06. The summed E-state index contributed by atoms with van der Waals surface area (Å²) in [4.78, 5) is 17.7. The van der Waals surface area contributed by atoms with E-state index in [9.17, 15) is 13.3 Å². The van der Waals surface area contributed by atoms with Crippen molar-refractivity contribution in [3.8, 4) is 0 Å². The summed E-state index contributed by atoms with van der Waals surface area (Å²) < 4.78 is 38.5. The van der Waals surface area contributed by atoms with E-state index in [0.717, 1.165) is 22.8 Å². The molecule has 136 valence electrons. The smallest absolute Gasteiger partial charge is 0.320 e. The van der Waals surface area contributed by atoms with Crippen molar-refractivity contribution in [2.75, 3.05) is 0 Å². The molecule has 0 aliphatic carbocycles. The van der Waals surface area contributed by atoms with Crippen molar-refractivity contribution in [2.45, 2.75) is 24.1 Å². The highest BCUT2D eigenvalue weighted by molar-refractivity contribution is 9.10. The molecule has 3 nitrogen and oxygen atoms in total. The number of thioether (sulfide) groups is 1. The van der Waals surface area contributed by atoms with Crippen molar-refractivity contribution in [1.82, 2.24) is 0 Å². The van der Waals surface area contributed by atoms with Gasteiger partial charge in [0.2, 0.25) is 0 Å². The molecule has 0 heterocycles. The Morgan fingerprint density at radius 1 is 1.16 bits per heavy atom. The Hall–Kier alpha value is -0.430. The third-order valence-corrected chi connectivity index (χ3v) is 6.61. The molecule has 0 amide bonds. The van der Waals surface area contributed by atoms with Gasteiger partial charge in [-0.3, -0.25) is 4.57 Å². The van der Waals surface area contributed by atoms with Crippen LogP contribution in [0.15, 0.2) is 40.9 Å². The van der Waals surface area contributed by atoms with E-state index in [2.05, 4.69) is 15.9 Å². The molecule has 0 radical (unpaired) electrons. The maximum Gasteiger partial charge on any atom is 0.399 e. The summed E-state index contributed by atoms with van der Waals surface area (Å²) in [6, 6.07) is 9.75. The average Bonchev–Trinajstić information content (AvgIpc) is 2.49. The number of hydrogen-bond donors (Lipinski definition) is 2. The highest BCUT2D eigenvalue weighted by atomic mass is 79.9. The summed E-state index contributed by atoms with van der Waals surface area (Å²) in [5.74, 6) is 1.27. The third kappa shape index (κ3) is 5.06. The van der Waals surface area contributed by atoms with E-state index in [1.54, 1.807) is 11.8 Å². The Kier molecular flexibility index (Phi) is 6.74. The van der Waals surface area contributed by atoms with E-state index in [4.69, 9.17) is 21.4 Å². The molecule has 0 unspecified atom stereocenters. The molecule has 0 aliphatic heterocycles. The summed E-state index contributed by atoms with van der Waals surface area (Å²) in [7, 11) is -5.58. The molecular weight excluding hydrogens is 457 g/mol. The SMILES string of the molecule is Cc1ccc(CSCc2ccc(C(F)(F)P(=O)(O)O)c(Br)c2)cc1Cl. The van der Waals surface area contributed by atoms with Crippen LogP contribution >= 0.6 is 46.9 Å². The monoisotopic (exact) mass is 470 g/mol. The first-order valence-electron chi connectivity index (χ1n) is 7.07. The molecule has 0 atom stereocenters. The molecule has 0 aliphatic rings. The lowest BCUT2D eigenvalue weighted by atomic mass is 10.1. The molecule has 2 aromatic rings. The summed E-state index contributed by atoms with van der Waals surface area (Å²) >= 11 is 10.6. The van der Waals surface area contributed by atoms with Crippen molar-refractivity contribution in [1.29, 1.82) is 0 Å². The van der Waals surface area contributed by atoms with E-state index in [-0.39, 0.29) is 4.47 Å². The summed E-state index contributed by atoms with van der Waals surface area (Å²) in [6.45, 7) is 1.92. The van der Waals surface area contributed by atoms with Crippen LogP contribution in [0.2, 0.25) is 5.02 Å². The lowest BCUT2D eigenvalue weighted by molar-refractivity contribution is 0.0557. The minimum absolute atomic E-state index is 0.0303. The first kappa shape index (κ1) is 20.9. The van der Waals surface area contributed by atoms with E-state index in [1.807, 2.05) is 25.1 Å². The van der Waals surface area contributed by atoms with E-state index in [0.29, 0.717) is 16.5 Å². The van der Waals surface area contributed by atoms with E-state index < -0.39 is 18.8 Å². The van der Waals surface area contributed by atoms with Gasteiger partial charge in [-0.25, -0.2) is 0 Å². The molecule has 2 N–H and O–H groups in total. The largest absolute Gasteiger partial charge is 0.399 e. The van der Waals surface area contributed by atoms with Crippen molar-refractivity contribution >= 4 is 46.9 Å². The Morgan fingerprint density at radius 3 is 2.24 bits per heavy atom. The number of benzene rings is 2. The van der Waals surface area contributed by atoms with Crippen LogP contribution in [0.25, 0.3) is 0 Å². The molecule has 2 rings (SSSR count). The first-order chi connectivity index (χ1) is 11.5. The summed E-state index contributed by atoms with van der Waals surface area (Å²) in [6.07, 6.45) is 0. The zero-order valence-electron chi connectivity index (χ0n) is 13.0. The van der Waals surface area contributed by atoms with E-state index >= 15 is 0 Å². The molecule has 0 bridgehead atoms. The van der Waals surface area contributed by atoms with Gasteiger partial charge in [0.05, 0.1) is 0 Å². The fourth-order valence-corrected chi connectivity index (χ4v) is 4.54. The average molecular weight is 472 g/mol. The first-order valence-corrected chi connectivity index (χ1v) is 11.0. The van der Waals surface area contributed by atoms with Gasteiger partial charge in [0.1, 0.15) is 0 Å². The van der Waals surface area contributed by atoms with Crippen LogP contribution in [0.3, 0.4) is 0 Å². The molecular formula is C16H15BrClF2O3PS. The van der Waals surface area contributed by atoms with Gasteiger partial charge >= 0.3 is 13.3 Å². The van der Waals surface area contributed by atoms with Gasteiger partial charge in [0.15, 0.2) is 0 Å². The van der Waals surface area contributed by atoms with Crippen LogP contribution in [-0.4, -0.2) is 9.79 Å². The second-order valence-electron chi connectivity index (χ2n) is 5.48. The Bertz CT molecular complexity index is 829. The molecule has 2 aromatic carbocycles. The minimum Gasteiger partial charge on any atom is -0.320 e. The van der Waals surface area contributed by atoms with Crippen LogP contribution in [0, 0.1) is 6.92 Å². The topological polar surface area (TPSA) is 57.5 Å². The van der Waals surface area contributed by atoms with Gasteiger partial charge in [-0.05, 0) is 35.7 Å². The van der Waals surface area contributed by atoms with Crippen LogP contribution in [0.4, 0.5) is 8.78 Å². The second kappa shape index (κ2) is 8.07. The standard InChI is InChI=1S/C16H15BrClF2O3PS/c1-10-2-3-12(7-15(10)18)9-25-8-11-4-5-13(14(17)6-11)16(19,20)24(21,22)23/h2-7H,8-9H2,1H3,(H2,21,22,23). The van der Waals surface area contributed by atoms with Crippen LogP contribution in [-0.2, 0) is 21.7 Å². The van der Waals surface area contributed by atoms with Crippen molar-refractivity contribution in [2.24, 2.45) is 0 Å². The van der Waals surface area contributed by atoms with Gasteiger partial charge in [-0.2, -0.15) is 20.5 Å². The van der Waals surface area contributed by atoms with Crippen molar-refractivity contribution in [3.05, 3.63) is 68.1 Å². The normalized spacial score (nSPS) is 12.4. The highest BCUT2D eigenvalue weighted by Crippen LogP contribution is 2.60. The maximum atomic E-state index is 13.8. The van der Waals surface area contributed by atoms with Gasteiger partial charge < -0.3 is 9.79 Å². The quantitative estimate of drug-likeness (QED) is 0.502. The van der Waals surface area contributed by atoms with Crippen LogP contribution < -0.4 is 0 Å². The molecule has 0 fully saturated rings. The van der Waals surface area contributed by atoms with Gasteiger partial charge in [0, 0.05) is 26.6 Å². The summed E-state index contributed by atoms with van der Waals surface area (Å²) in [5, 5.41) is 0.699. The lowest BCUT2D eigenvalue weighted by Crippen LogP contribution is -2.14. The fourth-order valence-electron chi connectivity index (χ4n) is 2.06. The fraction of sp³-hybridized carbons (Fsp3) is 0.250. The number of hydrogen-bond acceptors (Lipinski definition) is 2. The Labute approximate surface area is 162 Å². The second-order valence-corrected chi connectivity index (χ2v) is 9.37. The third-order valence-electron chi connectivity index (χ3n) is 3.50. The minimum atomic E-state index is -5.58.